The first kappa shape index (κ1) is 18.4. The van der Waals surface area contributed by atoms with Crippen LogP contribution in [0.3, 0.4) is 0 Å². The molecule has 0 unspecified atom stereocenters. The molecule has 0 fully saturated rings. The van der Waals surface area contributed by atoms with Gasteiger partial charge in [-0.05, 0) is 43.3 Å². The fourth-order valence-corrected chi connectivity index (χ4v) is 2.95. The Morgan fingerprint density at radius 3 is 2.55 bits per heavy atom. The van der Waals surface area contributed by atoms with Gasteiger partial charge in [-0.25, -0.2) is 9.78 Å². The highest BCUT2D eigenvalue weighted by atomic mass is 16.2. The van der Waals surface area contributed by atoms with E-state index in [1.807, 2.05) is 25.1 Å². The lowest BCUT2D eigenvalue weighted by molar-refractivity contribution is 0.211. The molecule has 146 valence electrons. The number of hydrogen-bond acceptors (Lipinski definition) is 5. The van der Waals surface area contributed by atoms with E-state index in [1.165, 1.54) is 4.80 Å². The smallest absolute Gasteiger partial charge is 0.317 e. The minimum absolute atomic E-state index is 0.192. The number of hydrogen-bond donors (Lipinski definition) is 2. The number of nitrogens with one attached hydrogen (secondary N) is 2. The molecule has 29 heavy (non-hydrogen) atoms. The molecule has 0 saturated heterocycles. The standard InChI is InChI=1S/C20H19N7O2/c1-2-26(13-18-24-17-6-4-3-5-16(17)19(28)25-18)20(29)23-14-7-9-15(10-8-14)27-21-11-12-22-27/h3-12H,2,13H2,1H3,(H,23,29)(H,24,25,28). The summed E-state index contributed by atoms with van der Waals surface area (Å²) in [5.41, 5.74) is 1.82. The van der Waals surface area contributed by atoms with Crippen LogP contribution in [0.5, 0.6) is 0 Å². The van der Waals surface area contributed by atoms with Gasteiger partial charge < -0.3 is 15.2 Å². The van der Waals surface area contributed by atoms with Crippen LogP contribution in [-0.4, -0.2) is 42.4 Å². The van der Waals surface area contributed by atoms with E-state index in [4.69, 9.17) is 0 Å². The van der Waals surface area contributed by atoms with Gasteiger partial charge in [-0.2, -0.15) is 15.0 Å². The van der Waals surface area contributed by atoms with Crippen LogP contribution < -0.4 is 10.9 Å². The fourth-order valence-electron chi connectivity index (χ4n) is 2.95. The lowest BCUT2D eigenvalue weighted by atomic mass is 10.2. The predicted octanol–water partition coefficient (Wildman–Crippen LogP) is 2.56. The quantitative estimate of drug-likeness (QED) is 0.545. The maximum atomic E-state index is 12.7. The largest absolute Gasteiger partial charge is 0.322 e. The summed E-state index contributed by atoms with van der Waals surface area (Å²) in [4.78, 5) is 35.2. The Balaban J connectivity index is 1.48. The second kappa shape index (κ2) is 7.93. The molecule has 0 atom stereocenters. The van der Waals surface area contributed by atoms with Crippen LogP contribution in [0.1, 0.15) is 12.7 Å². The molecule has 4 rings (SSSR count). The van der Waals surface area contributed by atoms with E-state index in [9.17, 15) is 9.59 Å². The molecule has 2 amide bonds. The molecule has 4 aromatic rings. The van der Waals surface area contributed by atoms with Crippen LogP contribution >= 0.6 is 0 Å². The van der Waals surface area contributed by atoms with Gasteiger partial charge in [-0.1, -0.05) is 12.1 Å². The summed E-state index contributed by atoms with van der Waals surface area (Å²) in [5, 5.41) is 11.5. The van der Waals surface area contributed by atoms with Crippen molar-refractivity contribution in [3.8, 4) is 5.69 Å². The number of H-pyrrole nitrogens is 1. The molecule has 9 nitrogen and oxygen atoms in total. The normalized spacial score (nSPS) is 10.8. The molecule has 0 bridgehead atoms. The Bertz CT molecular complexity index is 1180. The first-order valence-corrected chi connectivity index (χ1v) is 9.14. The van der Waals surface area contributed by atoms with Crippen molar-refractivity contribution >= 4 is 22.6 Å². The van der Waals surface area contributed by atoms with Crippen LogP contribution in [0.15, 0.2) is 65.7 Å². The lowest BCUT2D eigenvalue weighted by Gasteiger charge is -2.21. The van der Waals surface area contributed by atoms with Crippen molar-refractivity contribution in [1.29, 1.82) is 0 Å². The zero-order valence-electron chi connectivity index (χ0n) is 15.7. The molecule has 0 aliphatic heterocycles. The first-order chi connectivity index (χ1) is 14.1. The Kier molecular flexibility index (Phi) is 5.02. The molecule has 0 spiro atoms. The van der Waals surface area contributed by atoms with Crippen LogP contribution in [0, 0.1) is 0 Å². The Morgan fingerprint density at radius 1 is 1.10 bits per heavy atom. The third kappa shape index (κ3) is 3.98. The second-order valence-electron chi connectivity index (χ2n) is 6.34. The topological polar surface area (TPSA) is 109 Å². The van der Waals surface area contributed by atoms with Gasteiger partial charge in [0, 0.05) is 12.2 Å². The maximum absolute atomic E-state index is 12.7. The van der Waals surface area contributed by atoms with Gasteiger partial charge in [0.1, 0.15) is 5.82 Å². The van der Waals surface area contributed by atoms with Crippen molar-refractivity contribution in [3.63, 3.8) is 0 Å². The Hall–Kier alpha value is -4.01. The van der Waals surface area contributed by atoms with Crippen molar-refractivity contribution in [2.45, 2.75) is 13.5 Å². The molecule has 2 heterocycles. The zero-order chi connectivity index (χ0) is 20.2. The van der Waals surface area contributed by atoms with E-state index in [-0.39, 0.29) is 18.1 Å². The number of anilines is 1. The van der Waals surface area contributed by atoms with Crippen molar-refractivity contribution in [2.24, 2.45) is 0 Å². The number of benzene rings is 2. The lowest BCUT2D eigenvalue weighted by Crippen LogP contribution is -2.35. The van der Waals surface area contributed by atoms with Crippen molar-refractivity contribution in [2.75, 3.05) is 11.9 Å². The molecule has 2 aromatic heterocycles. The van der Waals surface area contributed by atoms with E-state index in [0.29, 0.717) is 29.0 Å². The van der Waals surface area contributed by atoms with Gasteiger partial charge in [-0.15, -0.1) is 0 Å². The van der Waals surface area contributed by atoms with Crippen LogP contribution in [0.2, 0.25) is 0 Å². The van der Waals surface area contributed by atoms with Crippen molar-refractivity contribution in [1.82, 2.24) is 29.9 Å². The molecule has 0 saturated carbocycles. The van der Waals surface area contributed by atoms with Crippen molar-refractivity contribution < 1.29 is 4.79 Å². The molecule has 9 heteroatoms. The van der Waals surface area contributed by atoms with Crippen LogP contribution in [-0.2, 0) is 6.54 Å². The van der Waals surface area contributed by atoms with Gasteiger partial charge in [0.05, 0.1) is 35.5 Å². The van der Waals surface area contributed by atoms with E-state index in [2.05, 4.69) is 25.5 Å². The number of amides is 2. The Labute approximate surface area is 166 Å². The number of carbonyl (C=O) groups excluding carboxylic acids is 1. The third-order valence-electron chi connectivity index (χ3n) is 4.44. The number of fused-ring (bicyclic) bond motifs is 1. The summed E-state index contributed by atoms with van der Waals surface area (Å²) in [5.74, 6) is 0.436. The van der Waals surface area contributed by atoms with Gasteiger partial charge in [0.15, 0.2) is 0 Å². The third-order valence-corrected chi connectivity index (χ3v) is 4.44. The summed E-state index contributed by atoms with van der Waals surface area (Å²) in [6.07, 6.45) is 3.19. The van der Waals surface area contributed by atoms with Gasteiger partial charge in [0.25, 0.3) is 5.56 Å². The van der Waals surface area contributed by atoms with Gasteiger partial charge in [0.2, 0.25) is 0 Å². The van der Waals surface area contributed by atoms with Crippen LogP contribution in [0.25, 0.3) is 16.6 Å². The molecule has 0 aliphatic carbocycles. The number of carbonyl (C=O) groups is 1. The highest BCUT2D eigenvalue weighted by molar-refractivity contribution is 5.89. The minimum atomic E-state index is -0.284. The highest BCUT2D eigenvalue weighted by Gasteiger charge is 2.14. The number of aromatic nitrogens is 5. The minimum Gasteiger partial charge on any atom is -0.317 e. The molecule has 2 aromatic carbocycles. The van der Waals surface area contributed by atoms with E-state index >= 15 is 0 Å². The summed E-state index contributed by atoms with van der Waals surface area (Å²) in [6.45, 7) is 2.51. The summed E-state index contributed by atoms with van der Waals surface area (Å²) < 4.78 is 0. The first-order valence-electron chi connectivity index (χ1n) is 9.14. The van der Waals surface area contributed by atoms with E-state index in [1.54, 1.807) is 47.6 Å². The second-order valence-corrected chi connectivity index (χ2v) is 6.34. The fraction of sp³-hybridized carbons (Fsp3) is 0.150. The molecule has 0 aliphatic rings. The Morgan fingerprint density at radius 2 is 1.83 bits per heavy atom. The van der Waals surface area contributed by atoms with Gasteiger partial charge in [-0.3, -0.25) is 4.79 Å². The SMILES string of the molecule is CCN(Cc1nc2ccccc2c(=O)[nH]1)C(=O)Nc1ccc(-n2nccn2)cc1. The number of aromatic amines is 1. The molecular formula is C20H19N7O2. The van der Waals surface area contributed by atoms with Crippen LogP contribution in [0.4, 0.5) is 10.5 Å². The molecule has 2 N–H and O–H groups in total. The maximum Gasteiger partial charge on any atom is 0.322 e. The molecule has 0 radical (unpaired) electrons. The summed E-state index contributed by atoms with van der Waals surface area (Å²) >= 11 is 0. The predicted molar refractivity (Wildman–Crippen MR) is 109 cm³/mol. The summed E-state index contributed by atoms with van der Waals surface area (Å²) in [6, 6.07) is 14.0. The highest BCUT2D eigenvalue weighted by Crippen LogP contribution is 2.13. The average Bonchev–Trinajstić information content (AvgIpc) is 3.27. The van der Waals surface area contributed by atoms with E-state index in [0.717, 1.165) is 5.69 Å². The molecular weight excluding hydrogens is 370 g/mol. The average molecular weight is 389 g/mol. The number of nitrogens with zero attached hydrogens (tertiary/aromatic N) is 5. The number of urea groups is 1. The van der Waals surface area contributed by atoms with Crippen molar-refractivity contribution in [3.05, 3.63) is 77.1 Å². The number of para-hydroxylation sites is 1. The monoisotopic (exact) mass is 389 g/mol. The summed E-state index contributed by atoms with van der Waals surface area (Å²) in [7, 11) is 0. The van der Waals surface area contributed by atoms with Gasteiger partial charge >= 0.3 is 6.03 Å². The zero-order valence-corrected chi connectivity index (χ0v) is 15.7. The van der Waals surface area contributed by atoms with E-state index < -0.39 is 0 Å². The number of rotatable bonds is 5.